The zero-order valence-electron chi connectivity index (χ0n) is 10.3. The molecule has 0 saturated carbocycles. The van der Waals surface area contributed by atoms with Crippen LogP contribution in [0.2, 0.25) is 0 Å². The molecule has 1 atom stereocenters. The Morgan fingerprint density at radius 3 is 2.72 bits per heavy atom. The number of allylic oxidation sites excluding steroid dienone is 2. The van der Waals surface area contributed by atoms with Crippen molar-refractivity contribution in [2.75, 3.05) is 0 Å². The van der Waals surface area contributed by atoms with Gasteiger partial charge < -0.3 is 14.6 Å². The summed E-state index contributed by atoms with van der Waals surface area (Å²) in [5.74, 6) is -0.339. The second-order valence-corrected chi connectivity index (χ2v) is 4.01. The Morgan fingerprint density at radius 1 is 1.44 bits per heavy atom. The van der Waals surface area contributed by atoms with Gasteiger partial charge in [-0.3, -0.25) is 4.79 Å². The first-order valence-electron chi connectivity index (χ1n) is 5.84. The van der Waals surface area contributed by atoms with Crippen molar-refractivity contribution >= 4 is 0 Å². The summed E-state index contributed by atoms with van der Waals surface area (Å²) in [7, 11) is 0. The van der Waals surface area contributed by atoms with E-state index in [2.05, 4.69) is 13.2 Å². The Hall–Kier alpha value is -1.81. The van der Waals surface area contributed by atoms with Crippen molar-refractivity contribution < 1.29 is 14.6 Å². The van der Waals surface area contributed by atoms with Gasteiger partial charge in [-0.05, 0) is 19.3 Å². The van der Waals surface area contributed by atoms with Gasteiger partial charge in [0.05, 0.1) is 0 Å². The fraction of sp³-hybridized carbons (Fsp3) is 0.357. The summed E-state index contributed by atoms with van der Waals surface area (Å²) in [6.07, 6.45) is 5.82. The van der Waals surface area contributed by atoms with E-state index in [4.69, 9.17) is 9.52 Å². The van der Waals surface area contributed by atoms with Gasteiger partial charge >= 0.3 is 0 Å². The molecule has 1 unspecified atom stereocenters. The number of hydrogen-bond donors (Lipinski definition) is 2. The standard InChI is InChI=1S/C14H18O4/c1-3-5-6-7-10(4-2)14-13(17)12(16)8-11(9-15)18-14/h3-4,8,10,15,17H,1-2,5-7,9H2. The molecule has 1 rings (SSSR count). The van der Waals surface area contributed by atoms with Gasteiger partial charge in [-0.25, -0.2) is 0 Å². The molecule has 4 nitrogen and oxygen atoms in total. The molecule has 18 heavy (non-hydrogen) atoms. The summed E-state index contributed by atoms with van der Waals surface area (Å²) in [6.45, 7) is 6.94. The van der Waals surface area contributed by atoms with Crippen LogP contribution in [-0.4, -0.2) is 10.2 Å². The fourth-order valence-electron chi connectivity index (χ4n) is 1.72. The quantitative estimate of drug-likeness (QED) is 0.576. The highest BCUT2D eigenvalue weighted by Gasteiger charge is 2.18. The van der Waals surface area contributed by atoms with Crippen molar-refractivity contribution in [3.63, 3.8) is 0 Å². The first-order valence-corrected chi connectivity index (χ1v) is 5.84. The van der Waals surface area contributed by atoms with Crippen molar-refractivity contribution in [2.24, 2.45) is 0 Å². The van der Waals surface area contributed by atoms with E-state index in [0.717, 1.165) is 18.9 Å². The lowest BCUT2D eigenvalue weighted by Crippen LogP contribution is -2.07. The van der Waals surface area contributed by atoms with Crippen molar-refractivity contribution in [2.45, 2.75) is 31.8 Å². The average molecular weight is 250 g/mol. The lowest BCUT2D eigenvalue weighted by atomic mass is 9.98. The van der Waals surface area contributed by atoms with Crippen LogP contribution < -0.4 is 5.43 Å². The normalized spacial score (nSPS) is 12.1. The zero-order valence-corrected chi connectivity index (χ0v) is 10.3. The molecule has 0 fully saturated rings. The summed E-state index contributed by atoms with van der Waals surface area (Å²) < 4.78 is 5.32. The molecule has 0 aromatic carbocycles. The molecule has 0 radical (unpaired) electrons. The topological polar surface area (TPSA) is 70.7 Å². The summed E-state index contributed by atoms with van der Waals surface area (Å²) in [5.41, 5.74) is -0.545. The Bertz CT molecular complexity index is 473. The lowest BCUT2D eigenvalue weighted by Gasteiger charge is -2.13. The van der Waals surface area contributed by atoms with Crippen molar-refractivity contribution in [3.05, 3.63) is 53.1 Å². The minimum Gasteiger partial charge on any atom is -0.502 e. The van der Waals surface area contributed by atoms with Gasteiger partial charge in [0, 0.05) is 12.0 Å². The molecule has 0 saturated heterocycles. The van der Waals surface area contributed by atoms with Crippen LogP contribution in [-0.2, 0) is 6.61 Å². The van der Waals surface area contributed by atoms with E-state index in [1.54, 1.807) is 12.2 Å². The predicted molar refractivity (Wildman–Crippen MR) is 69.6 cm³/mol. The molecule has 0 aliphatic heterocycles. The highest BCUT2D eigenvalue weighted by atomic mass is 16.4. The van der Waals surface area contributed by atoms with E-state index in [1.807, 2.05) is 0 Å². The summed E-state index contributed by atoms with van der Waals surface area (Å²) in [6, 6.07) is 1.09. The third-order valence-corrected chi connectivity index (χ3v) is 2.70. The molecule has 1 aromatic heterocycles. The van der Waals surface area contributed by atoms with Crippen LogP contribution in [0.1, 0.15) is 36.7 Å². The van der Waals surface area contributed by atoms with E-state index < -0.39 is 11.2 Å². The van der Waals surface area contributed by atoms with E-state index in [-0.39, 0.29) is 24.0 Å². The number of rotatable bonds is 7. The van der Waals surface area contributed by atoms with Gasteiger partial charge in [-0.1, -0.05) is 12.2 Å². The van der Waals surface area contributed by atoms with Crippen molar-refractivity contribution in [1.82, 2.24) is 0 Å². The third-order valence-electron chi connectivity index (χ3n) is 2.70. The second kappa shape index (κ2) is 6.81. The van der Waals surface area contributed by atoms with Crippen LogP contribution in [0.4, 0.5) is 0 Å². The Morgan fingerprint density at radius 2 is 2.17 bits per heavy atom. The van der Waals surface area contributed by atoms with E-state index in [0.29, 0.717) is 6.42 Å². The molecular weight excluding hydrogens is 232 g/mol. The number of hydrogen-bond acceptors (Lipinski definition) is 4. The average Bonchev–Trinajstić information content (AvgIpc) is 2.38. The summed E-state index contributed by atoms with van der Waals surface area (Å²) in [5, 5.41) is 18.7. The highest BCUT2D eigenvalue weighted by Crippen LogP contribution is 2.29. The van der Waals surface area contributed by atoms with Gasteiger partial charge in [0.25, 0.3) is 0 Å². The molecule has 1 heterocycles. The second-order valence-electron chi connectivity index (χ2n) is 4.01. The van der Waals surface area contributed by atoms with Crippen LogP contribution in [0.15, 0.2) is 40.6 Å². The maximum absolute atomic E-state index is 11.5. The first-order chi connectivity index (χ1) is 8.63. The molecular formula is C14H18O4. The molecule has 0 bridgehead atoms. The Labute approximate surface area is 106 Å². The summed E-state index contributed by atoms with van der Waals surface area (Å²) >= 11 is 0. The molecule has 0 amide bonds. The molecule has 98 valence electrons. The van der Waals surface area contributed by atoms with Crippen LogP contribution in [0.5, 0.6) is 5.75 Å². The zero-order chi connectivity index (χ0) is 13.5. The number of aromatic hydroxyl groups is 1. The van der Waals surface area contributed by atoms with Crippen LogP contribution in [0, 0.1) is 0 Å². The minimum absolute atomic E-state index is 0.142. The monoisotopic (exact) mass is 250 g/mol. The minimum atomic E-state index is -0.545. The molecule has 4 heteroatoms. The summed E-state index contributed by atoms with van der Waals surface area (Å²) in [4.78, 5) is 11.5. The smallest absolute Gasteiger partial charge is 0.227 e. The molecule has 0 aliphatic rings. The predicted octanol–water partition coefficient (Wildman–Crippen LogP) is 2.46. The van der Waals surface area contributed by atoms with Gasteiger partial charge in [0.2, 0.25) is 11.2 Å². The van der Waals surface area contributed by atoms with Crippen LogP contribution >= 0.6 is 0 Å². The Balaban J connectivity index is 3.04. The third kappa shape index (κ3) is 3.34. The van der Waals surface area contributed by atoms with Gasteiger partial charge in [0.1, 0.15) is 12.4 Å². The Kier molecular flexibility index (Phi) is 5.39. The number of unbranched alkanes of at least 4 members (excludes halogenated alkanes) is 1. The highest BCUT2D eigenvalue weighted by molar-refractivity contribution is 5.29. The van der Waals surface area contributed by atoms with Crippen LogP contribution in [0.3, 0.4) is 0 Å². The van der Waals surface area contributed by atoms with E-state index >= 15 is 0 Å². The largest absolute Gasteiger partial charge is 0.502 e. The van der Waals surface area contributed by atoms with Gasteiger partial charge in [0.15, 0.2) is 5.76 Å². The maximum atomic E-state index is 11.5. The van der Waals surface area contributed by atoms with Crippen LogP contribution in [0.25, 0.3) is 0 Å². The van der Waals surface area contributed by atoms with Crippen molar-refractivity contribution in [1.29, 1.82) is 0 Å². The van der Waals surface area contributed by atoms with Crippen molar-refractivity contribution in [3.8, 4) is 5.75 Å². The fourth-order valence-corrected chi connectivity index (χ4v) is 1.72. The molecule has 2 N–H and O–H groups in total. The van der Waals surface area contributed by atoms with E-state index in [9.17, 15) is 9.90 Å². The SMILES string of the molecule is C=CCCCC(C=C)c1oc(CO)cc(=O)c1O. The molecule has 1 aromatic rings. The lowest BCUT2D eigenvalue weighted by molar-refractivity contribution is 0.233. The number of aliphatic hydroxyl groups excluding tert-OH is 1. The van der Waals surface area contributed by atoms with Gasteiger partial charge in [-0.2, -0.15) is 0 Å². The number of aliphatic hydroxyl groups is 1. The molecule has 0 aliphatic carbocycles. The first kappa shape index (κ1) is 14.3. The van der Waals surface area contributed by atoms with E-state index in [1.165, 1.54) is 0 Å². The molecule has 0 spiro atoms. The van der Waals surface area contributed by atoms with Gasteiger partial charge in [-0.15, -0.1) is 13.2 Å². The maximum Gasteiger partial charge on any atom is 0.227 e.